The summed E-state index contributed by atoms with van der Waals surface area (Å²) in [7, 11) is 0. The summed E-state index contributed by atoms with van der Waals surface area (Å²) in [6.45, 7) is 5.97. The second kappa shape index (κ2) is 6.56. The molecule has 0 fully saturated rings. The molecule has 1 N–H and O–H groups in total. The van der Waals surface area contributed by atoms with Gasteiger partial charge in [-0.2, -0.15) is 0 Å². The monoisotopic (exact) mass is 215 g/mol. The molecule has 0 aliphatic rings. The number of rotatable bonds is 2. The van der Waals surface area contributed by atoms with E-state index in [1.807, 2.05) is 45.0 Å². The number of hydrogen-bond acceptors (Lipinski definition) is 3. The highest BCUT2D eigenvalue weighted by molar-refractivity contribution is 5.60. The van der Waals surface area contributed by atoms with Crippen molar-refractivity contribution in [3.8, 4) is 0 Å². The zero-order valence-corrected chi connectivity index (χ0v) is 9.94. The van der Waals surface area contributed by atoms with E-state index in [1.165, 1.54) is 0 Å². The number of aryl methyl sites for hydroxylation is 1. The predicted molar refractivity (Wildman–Crippen MR) is 67.8 cm³/mol. The molecular weight excluding hydrogens is 198 g/mol. The van der Waals surface area contributed by atoms with Gasteiger partial charge in [0.05, 0.1) is 23.3 Å². The van der Waals surface area contributed by atoms with Gasteiger partial charge in [-0.05, 0) is 31.2 Å². The minimum Gasteiger partial charge on any atom is -0.353 e. The molecule has 84 valence electrons. The Balaban J connectivity index is 0.000000606. The van der Waals surface area contributed by atoms with E-state index in [0.717, 1.165) is 17.1 Å². The first-order valence-corrected chi connectivity index (χ1v) is 5.45. The highest BCUT2D eigenvalue weighted by Crippen LogP contribution is 2.16. The van der Waals surface area contributed by atoms with E-state index in [1.54, 1.807) is 18.6 Å². The van der Waals surface area contributed by atoms with Crippen molar-refractivity contribution < 1.29 is 0 Å². The third-order valence-electron chi connectivity index (χ3n) is 1.95. The van der Waals surface area contributed by atoms with E-state index in [2.05, 4.69) is 15.3 Å². The molecule has 3 heteroatoms. The van der Waals surface area contributed by atoms with Gasteiger partial charge in [-0.3, -0.25) is 9.97 Å². The van der Waals surface area contributed by atoms with Gasteiger partial charge >= 0.3 is 0 Å². The van der Waals surface area contributed by atoms with Crippen molar-refractivity contribution in [3.05, 3.63) is 48.5 Å². The van der Waals surface area contributed by atoms with Gasteiger partial charge in [-0.25, -0.2) is 0 Å². The molecule has 0 aliphatic carbocycles. The first-order valence-electron chi connectivity index (χ1n) is 5.45. The lowest BCUT2D eigenvalue weighted by Crippen LogP contribution is -1.94. The number of pyridine rings is 2. The molecule has 0 saturated heterocycles. The molecule has 2 aromatic heterocycles. The molecule has 0 spiro atoms. The molecule has 0 bridgehead atoms. The van der Waals surface area contributed by atoms with Crippen LogP contribution >= 0.6 is 0 Å². The van der Waals surface area contributed by atoms with E-state index in [-0.39, 0.29) is 0 Å². The summed E-state index contributed by atoms with van der Waals surface area (Å²) in [5.74, 6) is 0. The summed E-state index contributed by atoms with van der Waals surface area (Å²) in [5.41, 5.74) is 2.97. The van der Waals surface area contributed by atoms with Crippen LogP contribution in [-0.2, 0) is 0 Å². The minimum atomic E-state index is 0.976. The van der Waals surface area contributed by atoms with Crippen molar-refractivity contribution in [2.24, 2.45) is 0 Å². The van der Waals surface area contributed by atoms with Gasteiger partial charge in [0.2, 0.25) is 0 Å². The Morgan fingerprint density at radius 3 is 2.44 bits per heavy atom. The quantitative estimate of drug-likeness (QED) is 0.832. The summed E-state index contributed by atoms with van der Waals surface area (Å²) in [4.78, 5) is 8.22. The molecule has 0 atom stereocenters. The third-order valence-corrected chi connectivity index (χ3v) is 1.95. The average molecular weight is 215 g/mol. The Bertz CT molecular complexity index is 413. The lowest BCUT2D eigenvalue weighted by molar-refractivity contribution is 1.20. The van der Waals surface area contributed by atoms with Crippen LogP contribution in [0.25, 0.3) is 0 Å². The Hall–Kier alpha value is -1.90. The second-order valence-electron chi connectivity index (χ2n) is 3.00. The molecule has 2 heterocycles. The smallest absolute Gasteiger partial charge is 0.0607 e. The number of nitrogens with zero attached hydrogens (tertiary/aromatic N) is 2. The summed E-state index contributed by atoms with van der Waals surface area (Å²) in [6.07, 6.45) is 5.32. The van der Waals surface area contributed by atoms with E-state index in [4.69, 9.17) is 0 Å². The van der Waals surface area contributed by atoms with Crippen molar-refractivity contribution in [1.82, 2.24) is 9.97 Å². The fourth-order valence-electron chi connectivity index (χ4n) is 1.21. The van der Waals surface area contributed by atoms with Crippen LogP contribution in [-0.4, -0.2) is 9.97 Å². The number of anilines is 2. The summed E-state index contributed by atoms with van der Waals surface area (Å²) in [5, 5.41) is 3.25. The maximum Gasteiger partial charge on any atom is 0.0607 e. The maximum absolute atomic E-state index is 4.19. The number of hydrogen-bond donors (Lipinski definition) is 1. The fraction of sp³-hybridized carbons (Fsp3) is 0.231. The average Bonchev–Trinajstić information content (AvgIpc) is 2.36. The van der Waals surface area contributed by atoms with Crippen molar-refractivity contribution in [3.63, 3.8) is 0 Å². The molecule has 0 saturated carbocycles. The molecule has 0 aliphatic heterocycles. The summed E-state index contributed by atoms with van der Waals surface area (Å²) >= 11 is 0. The van der Waals surface area contributed by atoms with Crippen molar-refractivity contribution in [1.29, 1.82) is 0 Å². The molecule has 2 aromatic rings. The van der Waals surface area contributed by atoms with Crippen LogP contribution in [0.1, 0.15) is 19.5 Å². The highest BCUT2D eigenvalue weighted by atomic mass is 14.9. The number of aromatic nitrogens is 2. The molecule has 0 aromatic carbocycles. The van der Waals surface area contributed by atoms with Gasteiger partial charge in [-0.1, -0.05) is 13.8 Å². The van der Waals surface area contributed by atoms with Crippen LogP contribution < -0.4 is 5.32 Å². The minimum absolute atomic E-state index is 0.976. The SMILES string of the molecule is CC.Cc1ncccc1Nc1cccnc1. The van der Waals surface area contributed by atoms with Crippen molar-refractivity contribution in [2.75, 3.05) is 5.32 Å². The van der Waals surface area contributed by atoms with Gasteiger partial charge in [0.1, 0.15) is 0 Å². The molecule has 0 unspecified atom stereocenters. The van der Waals surface area contributed by atoms with Gasteiger partial charge in [0.15, 0.2) is 0 Å². The molecule has 2 rings (SSSR count). The van der Waals surface area contributed by atoms with E-state index >= 15 is 0 Å². The predicted octanol–water partition coefficient (Wildman–Crippen LogP) is 3.55. The molecular formula is C13H17N3. The van der Waals surface area contributed by atoms with Crippen LogP contribution in [0.2, 0.25) is 0 Å². The fourth-order valence-corrected chi connectivity index (χ4v) is 1.21. The van der Waals surface area contributed by atoms with Crippen LogP contribution in [0.5, 0.6) is 0 Å². The Morgan fingerprint density at radius 1 is 1.06 bits per heavy atom. The topological polar surface area (TPSA) is 37.8 Å². The number of nitrogens with one attached hydrogen (secondary N) is 1. The van der Waals surface area contributed by atoms with Crippen molar-refractivity contribution in [2.45, 2.75) is 20.8 Å². The zero-order valence-electron chi connectivity index (χ0n) is 9.94. The van der Waals surface area contributed by atoms with E-state index in [0.29, 0.717) is 0 Å². The van der Waals surface area contributed by atoms with Gasteiger partial charge in [0.25, 0.3) is 0 Å². The zero-order chi connectivity index (χ0) is 11.8. The third kappa shape index (κ3) is 3.35. The summed E-state index contributed by atoms with van der Waals surface area (Å²) in [6, 6.07) is 7.77. The lowest BCUT2D eigenvalue weighted by atomic mass is 10.3. The Labute approximate surface area is 96.6 Å². The highest BCUT2D eigenvalue weighted by Gasteiger charge is 1.97. The van der Waals surface area contributed by atoms with E-state index in [9.17, 15) is 0 Å². The largest absolute Gasteiger partial charge is 0.353 e. The molecule has 3 nitrogen and oxygen atoms in total. The van der Waals surface area contributed by atoms with Gasteiger partial charge < -0.3 is 5.32 Å². The standard InChI is InChI=1S/C11H11N3.C2H6/c1-9-11(5-3-7-13-9)14-10-4-2-6-12-8-10;1-2/h2-8,14H,1H3;1-2H3. The Kier molecular flexibility index (Phi) is 4.99. The van der Waals surface area contributed by atoms with Crippen molar-refractivity contribution >= 4 is 11.4 Å². The normalized spacial score (nSPS) is 8.94. The first kappa shape index (κ1) is 12.2. The summed E-state index contributed by atoms with van der Waals surface area (Å²) < 4.78 is 0. The molecule has 16 heavy (non-hydrogen) atoms. The van der Waals surface area contributed by atoms with Gasteiger partial charge in [0, 0.05) is 12.4 Å². The first-order chi connectivity index (χ1) is 7.86. The lowest BCUT2D eigenvalue weighted by Gasteiger charge is -2.07. The molecule has 0 radical (unpaired) electrons. The maximum atomic E-state index is 4.19. The van der Waals surface area contributed by atoms with Crippen LogP contribution in [0.3, 0.4) is 0 Å². The van der Waals surface area contributed by atoms with E-state index < -0.39 is 0 Å². The Morgan fingerprint density at radius 2 is 1.81 bits per heavy atom. The molecule has 0 amide bonds. The van der Waals surface area contributed by atoms with Crippen LogP contribution in [0.15, 0.2) is 42.9 Å². The van der Waals surface area contributed by atoms with Gasteiger partial charge in [-0.15, -0.1) is 0 Å². The van der Waals surface area contributed by atoms with Crippen LogP contribution in [0.4, 0.5) is 11.4 Å². The van der Waals surface area contributed by atoms with Crippen LogP contribution in [0, 0.1) is 6.92 Å². The second-order valence-corrected chi connectivity index (χ2v) is 3.00.